The Morgan fingerprint density at radius 3 is 2.65 bits per heavy atom. The van der Waals surface area contributed by atoms with Crippen LogP contribution in [0.5, 0.6) is 0 Å². The van der Waals surface area contributed by atoms with Crippen LogP contribution in [0.4, 0.5) is 0 Å². The molecule has 1 N–H and O–H groups in total. The Morgan fingerprint density at radius 1 is 1.15 bits per heavy atom. The highest BCUT2D eigenvalue weighted by atomic mass is 16.3. The molecule has 0 aliphatic carbocycles. The van der Waals surface area contributed by atoms with E-state index in [1.165, 1.54) is 44.5 Å². The van der Waals surface area contributed by atoms with Crippen molar-refractivity contribution in [3.05, 3.63) is 35.4 Å². The molecule has 2 heterocycles. The standard InChI is InChI=1S/C16H22N2O2/c19-12-15(20)14-6-4-13(5-7-14)11-18-10-2-9-17-8-1-3-16(17)18/h4-7,16,19H,1-3,8-12H2. The Balaban J connectivity index is 1.66. The summed E-state index contributed by atoms with van der Waals surface area (Å²) in [5, 5.41) is 8.86. The minimum Gasteiger partial charge on any atom is -0.388 e. The van der Waals surface area contributed by atoms with Crippen LogP contribution in [-0.2, 0) is 6.54 Å². The lowest BCUT2D eigenvalue weighted by Crippen LogP contribution is -2.49. The van der Waals surface area contributed by atoms with Crippen molar-refractivity contribution < 1.29 is 9.90 Å². The van der Waals surface area contributed by atoms with Crippen molar-refractivity contribution >= 4 is 5.78 Å². The van der Waals surface area contributed by atoms with Gasteiger partial charge in [-0.3, -0.25) is 14.6 Å². The lowest BCUT2D eigenvalue weighted by molar-refractivity contribution is 0.0287. The number of fused-ring (bicyclic) bond motifs is 1. The van der Waals surface area contributed by atoms with Crippen molar-refractivity contribution in [3.8, 4) is 0 Å². The molecule has 0 aromatic heterocycles. The van der Waals surface area contributed by atoms with Crippen LogP contribution in [0.15, 0.2) is 24.3 Å². The Bertz CT molecular complexity index is 472. The predicted molar refractivity (Wildman–Crippen MR) is 77.5 cm³/mol. The summed E-state index contributed by atoms with van der Waals surface area (Å²) in [6.45, 7) is 4.19. The highest BCUT2D eigenvalue weighted by Crippen LogP contribution is 2.26. The summed E-state index contributed by atoms with van der Waals surface area (Å²) in [7, 11) is 0. The molecule has 4 heteroatoms. The minimum atomic E-state index is -0.414. The van der Waals surface area contributed by atoms with Crippen LogP contribution in [0.3, 0.4) is 0 Å². The van der Waals surface area contributed by atoms with E-state index >= 15 is 0 Å². The number of benzene rings is 1. The Morgan fingerprint density at radius 2 is 1.90 bits per heavy atom. The van der Waals surface area contributed by atoms with Crippen LogP contribution < -0.4 is 0 Å². The van der Waals surface area contributed by atoms with Gasteiger partial charge in [-0.2, -0.15) is 0 Å². The Hall–Kier alpha value is -1.23. The first kappa shape index (κ1) is 13.7. The van der Waals surface area contributed by atoms with E-state index in [2.05, 4.69) is 9.80 Å². The van der Waals surface area contributed by atoms with Gasteiger partial charge in [-0.25, -0.2) is 0 Å². The maximum absolute atomic E-state index is 11.4. The van der Waals surface area contributed by atoms with Crippen LogP contribution in [0.1, 0.15) is 35.2 Å². The maximum Gasteiger partial charge on any atom is 0.188 e. The summed E-state index contributed by atoms with van der Waals surface area (Å²) in [5.74, 6) is -0.212. The van der Waals surface area contributed by atoms with Crippen LogP contribution in [0.25, 0.3) is 0 Å². The van der Waals surface area contributed by atoms with Gasteiger partial charge in [0.15, 0.2) is 5.78 Å². The van der Waals surface area contributed by atoms with Gasteiger partial charge >= 0.3 is 0 Å². The van der Waals surface area contributed by atoms with Gasteiger partial charge in [-0.1, -0.05) is 24.3 Å². The number of ketones is 1. The third-order valence-corrected chi connectivity index (χ3v) is 4.45. The molecule has 108 valence electrons. The zero-order valence-electron chi connectivity index (χ0n) is 11.8. The lowest BCUT2D eigenvalue weighted by Gasteiger charge is -2.40. The van der Waals surface area contributed by atoms with Crippen molar-refractivity contribution in [2.24, 2.45) is 0 Å². The van der Waals surface area contributed by atoms with E-state index in [1.54, 1.807) is 0 Å². The second-order valence-corrected chi connectivity index (χ2v) is 5.76. The number of carbonyl (C=O) groups is 1. The summed E-state index contributed by atoms with van der Waals surface area (Å²) in [6.07, 6.45) is 4.45. The number of nitrogens with zero attached hydrogens (tertiary/aromatic N) is 2. The molecular formula is C16H22N2O2. The topological polar surface area (TPSA) is 43.8 Å². The monoisotopic (exact) mass is 274 g/mol. The van der Waals surface area contributed by atoms with Gasteiger partial charge in [-0.05, 0) is 31.4 Å². The van der Waals surface area contributed by atoms with E-state index in [9.17, 15) is 4.79 Å². The fourth-order valence-corrected chi connectivity index (χ4v) is 3.42. The quantitative estimate of drug-likeness (QED) is 0.845. The molecule has 0 bridgehead atoms. The molecule has 1 unspecified atom stereocenters. The normalized spacial score (nSPS) is 23.8. The zero-order valence-corrected chi connectivity index (χ0v) is 11.8. The molecule has 0 radical (unpaired) electrons. The second kappa shape index (κ2) is 6.04. The second-order valence-electron chi connectivity index (χ2n) is 5.76. The molecule has 2 aliphatic rings. The van der Waals surface area contributed by atoms with E-state index < -0.39 is 6.61 Å². The fourth-order valence-electron chi connectivity index (χ4n) is 3.42. The predicted octanol–water partition coefficient (Wildman–Crippen LogP) is 1.49. The molecule has 0 spiro atoms. The molecule has 1 aromatic rings. The van der Waals surface area contributed by atoms with Crippen LogP contribution in [0, 0.1) is 0 Å². The molecule has 2 fully saturated rings. The van der Waals surface area contributed by atoms with Crippen LogP contribution in [0.2, 0.25) is 0 Å². The van der Waals surface area contributed by atoms with Crippen molar-refractivity contribution in [1.82, 2.24) is 9.80 Å². The third-order valence-electron chi connectivity index (χ3n) is 4.45. The number of hydrogen-bond acceptors (Lipinski definition) is 4. The summed E-state index contributed by atoms with van der Waals surface area (Å²) >= 11 is 0. The summed E-state index contributed by atoms with van der Waals surface area (Å²) in [5.41, 5.74) is 1.84. The molecule has 1 atom stereocenters. The van der Waals surface area contributed by atoms with Gasteiger partial charge in [0.25, 0.3) is 0 Å². The zero-order chi connectivity index (χ0) is 13.9. The van der Waals surface area contributed by atoms with E-state index in [-0.39, 0.29) is 5.78 Å². The molecule has 0 saturated carbocycles. The van der Waals surface area contributed by atoms with Crippen LogP contribution >= 0.6 is 0 Å². The highest BCUT2D eigenvalue weighted by Gasteiger charge is 2.32. The number of rotatable bonds is 4. The fraction of sp³-hybridized carbons (Fsp3) is 0.562. The van der Waals surface area contributed by atoms with Crippen molar-refractivity contribution in [2.75, 3.05) is 26.2 Å². The van der Waals surface area contributed by atoms with Crippen molar-refractivity contribution in [1.29, 1.82) is 0 Å². The minimum absolute atomic E-state index is 0.212. The van der Waals surface area contributed by atoms with Crippen molar-refractivity contribution in [2.45, 2.75) is 32.0 Å². The summed E-state index contributed by atoms with van der Waals surface area (Å²) in [4.78, 5) is 16.5. The Labute approximate surface area is 120 Å². The van der Waals surface area contributed by atoms with E-state index in [0.717, 1.165) is 6.54 Å². The lowest BCUT2D eigenvalue weighted by atomic mass is 10.1. The Kier molecular flexibility index (Phi) is 4.15. The third kappa shape index (κ3) is 2.77. The first-order chi connectivity index (χ1) is 9.78. The maximum atomic E-state index is 11.4. The highest BCUT2D eigenvalue weighted by molar-refractivity contribution is 5.96. The molecular weight excluding hydrogens is 252 g/mol. The largest absolute Gasteiger partial charge is 0.388 e. The van der Waals surface area contributed by atoms with Gasteiger partial charge < -0.3 is 5.11 Å². The number of carbonyl (C=O) groups excluding carboxylic acids is 1. The van der Waals surface area contributed by atoms with Crippen LogP contribution in [-0.4, -0.2) is 53.1 Å². The first-order valence-corrected chi connectivity index (χ1v) is 7.49. The molecule has 2 aliphatic heterocycles. The average molecular weight is 274 g/mol. The van der Waals surface area contributed by atoms with Gasteiger partial charge in [0.1, 0.15) is 6.61 Å². The molecule has 3 rings (SSSR count). The van der Waals surface area contributed by atoms with E-state index in [1.807, 2.05) is 24.3 Å². The van der Waals surface area contributed by atoms with Crippen molar-refractivity contribution in [3.63, 3.8) is 0 Å². The van der Waals surface area contributed by atoms with Gasteiger partial charge in [0, 0.05) is 25.2 Å². The van der Waals surface area contributed by atoms with Gasteiger partial charge in [0.05, 0.1) is 6.17 Å². The van der Waals surface area contributed by atoms with E-state index in [0.29, 0.717) is 11.7 Å². The molecule has 1 aromatic carbocycles. The molecule has 4 nitrogen and oxygen atoms in total. The number of aliphatic hydroxyl groups excluding tert-OH is 1. The number of aliphatic hydroxyl groups is 1. The summed E-state index contributed by atoms with van der Waals surface area (Å²) < 4.78 is 0. The molecule has 0 amide bonds. The summed E-state index contributed by atoms with van der Waals surface area (Å²) in [6, 6.07) is 7.67. The van der Waals surface area contributed by atoms with Gasteiger partial charge in [0.2, 0.25) is 0 Å². The number of Topliss-reactive ketones (excluding diaryl/α,β-unsaturated/α-hetero) is 1. The number of hydrogen-bond donors (Lipinski definition) is 1. The van der Waals surface area contributed by atoms with E-state index in [4.69, 9.17) is 5.11 Å². The first-order valence-electron chi connectivity index (χ1n) is 7.49. The molecule has 2 saturated heterocycles. The molecule has 20 heavy (non-hydrogen) atoms. The SMILES string of the molecule is O=C(CO)c1ccc(CN2CCCN3CCCC32)cc1. The van der Waals surface area contributed by atoms with Gasteiger partial charge in [-0.15, -0.1) is 0 Å². The average Bonchev–Trinajstić information content (AvgIpc) is 2.97. The smallest absolute Gasteiger partial charge is 0.188 e.